The van der Waals surface area contributed by atoms with E-state index in [0.29, 0.717) is 4.90 Å². The fraction of sp³-hybridized carbons (Fsp3) is 0.600. The van der Waals surface area contributed by atoms with Crippen molar-refractivity contribution in [2.24, 2.45) is 0 Å². The zero-order valence-electron chi connectivity index (χ0n) is 12.3. The molecule has 112 valence electrons. The summed E-state index contributed by atoms with van der Waals surface area (Å²) in [6, 6.07) is 7.23. The first-order valence-electron chi connectivity index (χ1n) is 6.98. The largest absolute Gasteiger partial charge is 0.374 e. The molecule has 1 heterocycles. The average Bonchev–Trinajstić information content (AvgIpc) is 2.83. The van der Waals surface area contributed by atoms with E-state index < -0.39 is 9.84 Å². The van der Waals surface area contributed by atoms with Crippen LogP contribution in [0.5, 0.6) is 0 Å². The normalized spacial score (nSPS) is 24.8. The Bertz CT molecular complexity index is 545. The molecule has 2 atom stereocenters. The highest BCUT2D eigenvalue weighted by atomic mass is 32.2. The summed E-state index contributed by atoms with van der Waals surface area (Å²) in [6.07, 6.45) is 3.43. The van der Waals surface area contributed by atoms with Crippen LogP contribution in [0.25, 0.3) is 0 Å². The molecule has 0 amide bonds. The first kappa shape index (κ1) is 15.5. The molecule has 2 unspecified atom stereocenters. The molecule has 0 bridgehead atoms. The highest BCUT2D eigenvalue weighted by molar-refractivity contribution is 7.90. The predicted molar refractivity (Wildman–Crippen MR) is 79.6 cm³/mol. The van der Waals surface area contributed by atoms with Gasteiger partial charge in [0.25, 0.3) is 0 Å². The Balaban J connectivity index is 1.97. The van der Waals surface area contributed by atoms with Crippen LogP contribution < -0.4 is 5.32 Å². The van der Waals surface area contributed by atoms with Crippen molar-refractivity contribution in [2.75, 3.05) is 19.4 Å². The molecular weight excluding hydrogens is 274 g/mol. The molecule has 4 nitrogen and oxygen atoms in total. The van der Waals surface area contributed by atoms with Gasteiger partial charge in [0, 0.05) is 25.4 Å². The van der Waals surface area contributed by atoms with Crippen molar-refractivity contribution in [3.05, 3.63) is 29.8 Å². The molecule has 0 spiro atoms. The maximum atomic E-state index is 11.4. The summed E-state index contributed by atoms with van der Waals surface area (Å²) in [4.78, 5) is 0.361. The molecule has 0 aliphatic carbocycles. The summed E-state index contributed by atoms with van der Waals surface area (Å²) < 4.78 is 28.6. The molecule has 0 radical (unpaired) electrons. The number of hydrogen-bond donors (Lipinski definition) is 1. The first-order valence-corrected chi connectivity index (χ1v) is 8.87. The van der Waals surface area contributed by atoms with Gasteiger partial charge in [-0.1, -0.05) is 12.1 Å². The van der Waals surface area contributed by atoms with Gasteiger partial charge in [0.05, 0.1) is 10.5 Å². The topological polar surface area (TPSA) is 55.4 Å². The molecule has 0 aromatic heterocycles. The van der Waals surface area contributed by atoms with Crippen LogP contribution in [0, 0.1) is 0 Å². The number of rotatable bonds is 5. The lowest BCUT2D eigenvalue weighted by atomic mass is 10.0. The second kappa shape index (κ2) is 5.84. The highest BCUT2D eigenvalue weighted by Gasteiger charge is 2.29. The molecule has 0 saturated carbocycles. The minimum atomic E-state index is -3.12. The third kappa shape index (κ3) is 3.81. The monoisotopic (exact) mass is 297 g/mol. The van der Waals surface area contributed by atoms with Crippen LogP contribution >= 0.6 is 0 Å². The van der Waals surface area contributed by atoms with Crippen molar-refractivity contribution in [1.29, 1.82) is 0 Å². The van der Waals surface area contributed by atoms with Gasteiger partial charge in [0.1, 0.15) is 0 Å². The minimum Gasteiger partial charge on any atom is -0.374 e. The van der Waals surface area contributed by atoms with Crippen LogP contribution in [0.3, 0.4) is 0 Å². The smallest absolute Gasteiger partial charge is 0.175 e. The van der Waals surface area contributed by atoms with Gasteiger partial charge < -0.3 is 10.1 Å². The highest BCUT2D eigenvalue weighted by Crippen LogP contribution is 2.25. The zero-order valence-corrected chi connectivity index (χ0v) is 13.2. The SMILES string of the molecule is CC(NCC1(C)CCCO1)c1ccc(S(C)(=O)=O)cc1. The summed E-state index contributed by atoms with van der Waals surface area (Å²) in [7, 11) is -3.12. The Morgan fingerprint density at radius 1 is 1.35 bits per heavy atom. The quantitative estimate of drug-likeness (QED) is 0.906. The maximum Gasteiger partial charge on any atom is 0.175 e. The van der Waals surface area contributed by atoms with E-state index in [9.17, 15) is 8.42 Å². The van der Waals surface area contributed by atoms with Gasteiger partial charge in [-0.15, -0.1) is 0 Å². The molecule has 1 aliphatic rings. The van der Waals surface area contributed by atoms with Crippen molar-refractivity contribution in [2.45, 2.75) is 43.2 Å². The third-order valence-electron chi connectivity index (χ3n) is 3.89. The van der Waals surface area contributed by atoms with E-state index in [1.165, 1.54) is 6.26 Å². The van der Waals surface area contributed by atoms with E-state index in [4.69, 9.17) is 4.74 Å². The standard InChI is InChI=1S/C15H23NO3S/c1-12(16-11-15(2)9-4-10-19-15)13-5-7-14(8-6-13)20(3,17)18/h5-8,12,16H,4,9-11H2,1-3H3. The van der Waals surface area contributed by atoms with Crippen LogP contribution in [0.15, 0.2) is 29.2 Å². The van der Waals surface area contributed by atoms with Gasteiger partial charge in [-0.05, 0) is 44.4 Å². The molecule has 2 rings (SSSR count). The molecular formula is C15H23NO3S. The Labute approximate surface area is 121 Å². The molecule has 1 aromatic rings. The van der Waals surface area contributed by atoms with E-state index in [-0.39, 0.29) is 11.6 Å². The second-order valence-electron chi connectivity index (χ2n) is 5.85. The van der Waals surface area contributed by atoms with Crippen molar-refractivity contribution >= 4 is 9.84 Å². The van der Waals surface area contributed by atoms with Gasteiger partial charge in [-0.3, -0.25) is 0 Å². The number of hydrogen-bond acceptors (Lipinski definition) is 4. The lowest BCUT2D eigenvalue weighted by molar-refractivity contribution is 0.0191. The van der Waals surface area contributed by atoms with Crippen LogP contribution in [-0.2, 0) is 14.6 Å². The van der Waals surface area contributed by atoms with E-state index >= 15 is 0 Å². The number of nitrogens with one attached hydrogen (secondary N) is 1. The predicted octanol–water partition coefficient (Wildman–Crippen LogP) is 2.31. The van der Waals surface area contributed by atoms with Crippen LogP contribution in [-0.4, -0.2) is 33.4 Å². The molecule has 1 aromatic carbocycles. The molecule has 1 aliphatic heterocycles. The third-order valence-corrected chi connectivity index (χ3v) is 5.02. The fourth-order valence-electron chi connectivity index (χ4n) is 2.47. The molecule has 1 fully saturated rings. The van der Waals surface area contributed by atoms with Gasteiger partial charge in [-0.25, -0.2) is 8.42 Å². The molecule has 1 N–H and O–H groups in total. The molecule has 5 heteroatoms. The molecule has 1 saturated heterocycles. The summed E-state index contributed by atoms with van der Waals surface area (Å²) in [5.74, 6) is 0. The first-order chi connectivity index (χ1) is 9.30. The van der Waals surface area contributed by atoms with Gasteiger partial charge >= 0.3 is 0 Å². The number of benzene rings is 1. The van der Waals surface area contributed by atoms with Crippen LogP contribution in [0.1, 0.15) is 38.3 Å². The Morgan fingerprint density at radius 2 is 2.00 bits per heavy atom. The van der Waals surface area contributed by atoms with E-state index in [1.54, 1.807) is 12.1 Å². The van der Waals surface area contributed by atoms with Crippen molar-refractivity contribution in [3.63, 3.8) is 0 Å². The van der Waals surface area contributed by atoms with Gasteiger partial charge in [-0.2, -0.15) is 0 Å². The van der Waals surface area contributed by atoms with Gasteiger partial charge in [0.15, 0.2) is 9.84 Å². The van der Waals surface area contributed by atoms with Crippen LogP contribution in [0.4, 0.5) is 0 Å². The number of ether oxygens (including phenoxy) is 1. The van der Waals surface area contributed by atoms with Crippen molar-refractivity contribution in [3.8, 4) is 0 Å². The van der Waals surface area contributed by atoms with Crippen molar-refractivity contribution in [1.82, 2.24) is 5.32 Å². The lowest BCUT2D eigenvalue weighted by Gasteiger charge is -2.26. The fourth-order valence-corrected chi connectivity index (χ4v) is 3.10. The minimum absolute atomic E-state index is 0.0685. The van der Waals surface area contributed by atoms with E-state index in [1.807, 2.05) is 12.1 Å². The summed E-state index contributed by atoms with van der Waals surface area (Å²) >= 11 is 0. The van der Waals surface area contributed by atoms with Crippen molar-refractivity contribution < 1.29 is 13.2 Å². The maximum absolute atomic E-state index is 11.4. The Morgan fingerprint density at radius 3 is 2.50 bits per heavy atom. The molecule has 20 heavy (non-hydrogen) atoms. The Hall–Kier alpha value is -0.910. The average molecular weight is 297 g/mol. The van der Waals surface area contributed by atoms with E-state index in [2.05, 4.69) is 19.2 Å². The van der Waals surface area contributed by atoms with E-state index in [0.717, 1.165) is 31.6 Å². The zero-order chi connectivity index (χ0) is 14.8. The Kier molecular flexibility index (Phi) is 4.52. The second-order valence-corrected chi connectivity index (χ2v) is 7.86. The summed E-state index contributed by atoms with van der Waals surface area (Å²) in [6.45, 7) is 5.86. The lowest BCUT2D eigenvalue weighted by Crippen LogP contribution is -2.38. The van der Waals surface area contributed by atoms with Crippen LogP contribution in [0.2, 0.25) is 0 Å². The number of sulfone groups is 1. The summed E-state index contributed by atoms with van der Waals surface area (Å²) in [5.41, 5.74) is 1.01. The summed E-state index contributed by atoms with van der Waals surface area (Å²) in [5, 5.41) is 3.47. The van der Waals surface area contributed by atoms with Gasteiger partial charge in [0.2, 0.25) is 0 Å².